The van der Waals surface area contributed by atoms with E-state index in [1.807, 2.05) is 66.4 Å². The molecule has 154 valence electrons. The van der Waals surface area contributed by atoms with Gasteiger partial charge in [-0.3, -0.25) is 4.79 Å². The first kappa shape index (κ1) is 19.8. The zero-order valence-electron chi connectivity index (χ0n) is 17.0. The van der Waals surface area contributed by atoms with Crippen LogP contribution in [0.2, 0.25) is 0 Å². The fourth-order valence-corrected chi connectivity index (χ4v) is 3.60. The number of para-hydroxylation sites is 1. The van der Waals surface area contributed by atoms with E-state index in [4.69, 9.17) is 5.73 Å². The monoisotopic (exact) mass is 404 g/mol. The van der Waals surface area contributed by atoms with Crippen LogP contribution in [-0.2, 0) is 6.54 Å². The van der Waals surface area contributed by atoms with Crippen molar-refractivity contribution in [1.29, 1.82) is 0 Å². The third-order valence-electron chi connectivity index (χ3n) is 5.28. The standard InChI is InChI=1S/C22H25N7O/c1-16-7-5-6-10-18(16)24-22-26-19(25-21(23)27-22)15-28-11-13-29(14-12-28)20(30)17-8-3-2-4-9-17/h2-10H,11-15H2,1H3,(H3,23,24,25,26,27)/p+1. The predicted octanol–water partition coefficient (Wildman–Crippen LogP) is 1.05. The molecular formula is C22H26N7O+. The number of nitrogens with zero attached hydrogens (tertiary/aromatic N) is 4. The van der Waals surface area contributed by atoms with Crippen molar-refractivity contribution in [2.45, 2.75) is 13.5 Å². The number of aromatic nitrogens is 3. The lowest BCUT2D eigenvalue weighted by Crippen LogP contribution is -3.13. The van der Waals surface area contributed by atoms with E-state index in [-0.39, 0.29) is 11.9 Å². The second kappa shape index (κ2) is 8.87. The summed E-state index contributed by atoms with van der Waals surface area (Å²) in [6.45, 7) is 5.75. The number of quaternary nitrogens is 1. The van der Waals surface area contributed by atoms with Crippen LogP contribution in [0.1, 0.15) is 21.7 Å². The van der Waals surface area contributed by atoms with E-state index in [9.17, 15) is 4.79 Å². The Hall–Kier alpha value is -3.52. The number of amides is 1. The highest BCUT2D eigenvalue weighted by Gasteiger charge is 2.25. The van der Waals surface area contributed by atoms with Gasteiger partial charge in [0.1, 0.15) is 6.54 Å². The van der Waals surface area contributed by atoms with Gasteiger partial charge < -0.3 is 20.9 Å². The van der Waals surface area contributed by atoms with Crippen molar-refractivity contribution in [2.24, 2.45) is 0 Å². The first-order valence-electron chi connectivity index (χ1n) is 10.1. The second-order valence-corrected chi connectivity index (χ2v) is 7.46. The van der Waals surface area contributed by atoms with E-state index in [0.717, 1.165) is 29.9 Å². The van der Waals surface area contributed by atoms with Gasteiger partial charge in [-0.15, -0.1) is 0 Å². The molecule has 0 bridgehead atoms. The van der Waals surface area contributed by atoms with Gasteiger partial charge >= 0.3 is 0 Å². The Bertz CT molecular complexity index is 1020. The number of carbonyl (C=O) groups excluding carboxylic acids is 1. The molecule has 0 radical (unpaired) electrons. The number of piperazine rings is 1. The van der Waals surface area contributed by atoms with Gasteiger partial charge in [0.2, 0.25) is 11.9 Å². The highest BCUT2D eigenvalue weighted by Crippen LogP contribution is 2.17. The highest BCUT2D eigenvalue weighted by molar-refractivity contribution is 5.94. The van der Waals surface area contributed by atoms with Crippen LogP contribution in [0.5, 0.6) is 0 Å². The second-order valence-electron chi connectivity index (χ2n) is 7.46. The van der Waals surface area contributed by atoms with Crippen LogP contribution in [0, 0.1) is 6.92 Å². The van der Waals surface area contributed by atoms with E-state index in [2.05, 4.69) is 20.3 Å². The first-order valence-corrected chi connectivity index (χ1v) is 10.1. The summed E-state index contributed by atoms with van der Waals surface area (Å²) in [6.07, 6.45) is 0. The smallest absolute Gasteiger partial charge is 0.254 e. The van der Waals surface area contributed by atoms with E-state index in [0.29, 0.717) is 31.4 Å². The molecule has 2 aromatic carbocycles. The lowest BCUT2D eigenvalue weighted by molar-refractivity contribution is -0.918. The Kier molecular flexibility index (Phi) is 5.85. The Morgan fingerprint density at radius 2 is 1.73 bits per heavy atom. The molecule has 8 heteroatoms. The number of nitrogen functional groups attached to an aromatic ring is 1. The van der Waals surface area contributed by atoms with Gasteiger partial charge in [0.05, 0.1) is 26.2 Å². The zero-order chi connectivity index (χ0) is 20.9. The van der Waals surface area contributed by atoms with Crippen molar-refractivity contribution in [3.8, 4) is 0 Å². The van der Waals surface area contributed by atoms with Crippen molar-refractivity contribution in [1.82, 2.24) is 19.9 Å². The minimum atomic E-state index is 0.0868. The maximum Gasteiger partial charge on any atom is 0.254 e. The highest BCUT2D eigenvalue weighted by atomic mass is 16.2. The Morgan fingerprint density at radius 3 is 2.47 bits per heavy atom. The third-order valence-corrected chi connectivity index (χ3v) is 5.28. The van der Waals surface area contributed by atoms with Crippen LogP contribution in [-0.4, -0.2) is 51.9 Å². The van der Waals surface area contributed by atoms with Crippen LogP contribution < -0.4 is 16.0 Å². The molecule has 3 aromatic rings. The van der Waals surface area contributed by atoms with Crippen molar-refractivity contribution >= 4 is 23.5 Å². The van der Waals surface area contributed by atoms with Crippen molar-refractivity contribution in [3.05, 3.63) is 71.5 Å². The fraction of sp³-hybridized carbons (Fsp3) is 0.273. The molecule has 0 aliphatic carbocycles. The Morgan fingerprint density at radius 1 is 1.03 bits per heavy atom. The summed E-state index contributed by atoms with van der Waals surface area (Å²) in [5.41, 5.74) is 8.69. The lowest BCUT2D eigenvalue weighted by Gasteiger charge is -2.32. The van der Waals surface area contributed by atoms with Gasteiger partial charge in [0.25, 0.3) is 5.91 Å². The molecule has 2 heterocycles. The molecule has 1 saturated heterocycles. The summed E-state index contributed by atoms with van der Waals surface area (Å²) >= 11 is 0. The molecule has 4 rings (SSSR count). The minimum Gasteiger partial charge on any atom is -0.368 e. The average molecular weight is 404 g/mol. The van der Waals surface area contributed by atoms with Crippen LogP contribution in [0.25, 0.3) is 0 Å². The largest absolute Gasteiger partial charge is 0.368 e. The molecule has 1 amide bonds. The Labute approximate surface area is 175 Å². The van der Waals surface area contributed by atoms with Crippen molar-refractivity contribution < 1.29 is 9.69 Å². The van der Waals surface area contributed by atoms with Crippen molar-refractivity contribution in [3.63, 3.8) is 0 Å². The van der Waals surface area contributed by atoms with E-state index >= 15 is 0 Å². The fourth-order valence-electron chi connectivity index (χ4n) is 3.60. The number of nitrogens with one attached hydrogen (secondary N) is 2. The maximum atomic E-state index is 12.6. The summed E-state index contributed by atoms with van der Waals surface area (Å²) in [4.78, 5) is 28.9. The third kappa shape index (κ3) is 4.72. The van der Waals surface area contributed by atoms with E-state index in [1.165, 1.54) is 4.90 Å². The topological polar surface area (TPSA) is 101 Å². The van der Waals surface area contributed by atoms with Crippen LogP contribution in [0.15, 0.2) is 54.6 Å². The quantitative estimate of drug-likeness (QED) is 0.588. The van der Waals surface area contributed by atoms with Gasteiger partial charge in [-0.1, -0.05) is 36.4 Å². The van der Waals surface area contributed by atoms with Gasteiger partial charge in [0, 0.05) is 11.3 Å². The Balaban J connectivity index is 1.38. The minimum absolute atomic E-state index is 0.0868. The first-order chi connectivity index (χ1) is 14.6. The zero-order valence-corrected chi connectivity index (χ0v) is 17.0. The number of carbonyl (C=O) groups is 1. The summed E-state index contributed by atoms with van der Waals surface area (Å²) in [6, 6.07) is 17.4. The number of hydrogen-bond acceptors (Lipinski definition) is 6. The molecule has 8 nitrogen and oxygen atoms in total. The molecule has 1 aromatic heterocycles. The summed E-state index contributed by atoms with van der Waals surface area (Å²) in [7, 11) is 0. The molecule has 1 aliphatic rings. The van der Waals surface area contributed by atoms with Crippen LogP contribution in [0.3, 0.4) is 0 Å². The molecule has 0 saturated carbocycles. The summed E-state index contributed by atoms with van der Waals surface area (Å²) in [5.74, 6) is 1.39. The molecule has 4 N–H and O–H groups in total. The molecule has 0 atom stereocenters. The molecular weight excluding hydrogens is 378 g/mol. The summed E-state index contributed by atoms with van der Waals surface area (Å²) in [5, 5.41) is 3.23. The van der Waals surface area contributed by atoms with Gasteiger partial charge in [-0.25, -0.2) is 0 Å². The maximum absolute atomic E-state index is 12.6. The van der Waals surface area contributed by atoms with Crippen molar-refractivity contribution in [2.75, 3.05) is 37.2 Å². The number of rotatable bonds is 5. The van der Waals surface area contributed by atoms with E-state index in [1.54, 1.807) is 0 Å². The molecule has 0 unspecified atom stereocenters. The van der Waals surface area contributed by atoms with Gasteiger partial charge in [-0.2, -0.15) is 15.0 Å². The molecule has 0 spiro atoms. The number of anilines is 3. The predicted molar refractivity (Wildman–Crippen MR) is 115 cm³/mol. The lowest BCUT2D eigenvalue weighted by atomic mass is 10.2. The number of benzene rings is 2. The van der Waals surface area contributed by atoms with Crippen LogP contribution in [0.4, 0.5) is 17.6 Å². The average Bonchev–Trinajstić information content (AvgIpc) is 2.76. The van der Waals surface area contributed by atoms with Gasteiger partial charge in [-0.05, 0) is 30.7 Å². The van der Waals surface area contributed by atoms with Gasteiger partial charge in [0.15, 0.2) is 5.82 Å². The number of hydrogen-bond donors (Lipinski definition) is 3. The SMILES string of the molecule is Cc1ccccc1Nc1nc(N)nc(C[NH+]2CCN(C(=O)c3ccccc3)CC2)n1. The molecule has 1 aliphatic heterocycles. The summed E-state index contributed by atoms with van der Waals surface area (Å²) < 4.78 is 0. The van der Waals surface area contributed by atoms with Crippen LogP contribution >= 0.6 is 0 Å². The normalized spacial score (nSPS) is 14.5. The molecule has 1 fully saturated rings. The molecule has 30 heavy (non-hydrogen) atoms. The van der Waals surface area contributed by atoms with E-state index < -0.39 is 0 Å². The number of nitrogens with two attached hydrogens (primary N) is 1. The number of aryl methyl sites for hydroxylation is 1.